The standard InChI is InChI=1S/C23H48N2O2Si2/c1-9-28(10-2,11-3)19-15-17-24-21(26)23(7,8)25(22(24)27)18-16-20-29(12-4,13-5)14-6/h9-20H2,1-8H3. The first-order valence-electron chi connectivity index (χ1n) is 12.3. The van der Waals surface area contributed by atoms with E-state index in [2.05, 4.69) is 41.5 Å². The number of urea groups is 1. The van der Waals surface area contributed by atoms with Crippen molar-refractivity contribution in [2.24, 2.45) is 0 Å². The molecule has 1 aliphatic rings. The lowest BCUT2D eigenvalue weighted by atomic mass is 10.0. The highest BCUT2D eigenvalue weighted by Crippen LogP contribution is 2.32. The molecule has 170 valence electrons. The highest BCUT2D eigenvalue weighted by molar-refractivity contribution is 6.80. The number of hydrogen-bond acceptors (Lipinski definition) is 2. The summed E-state index contributed by atoms with van der Waals surface area (Å²) in [5, 5.41) is 0. The molecular formula is C23H48N2O2Si2. The minimum absolute atomic E-state index is 0.00393. The van der Waals surface area contributed by atoms with Gasteiger partial charge in [-0.15, -0.1) is 0 Å². The molecule has 0 radical (unpaired) electrons. The molecule has 1 aliphatic heterocycles. The molecule has 3 amide bonds. The Bertz CT molecular complexity index is 526. The molecule has 1 saturated heterocycles. The Morgan fingerprint density at radius 3 is 1.45 bits per heavy atom. The lowest BCUT2D eigenvalue weighted by Crippen LogP contribution is -2.45. The van der Waals surface area contributed by atoms with E-state index in [0.29, 0.717) is 6.54 Å². The van der Waals surface area contributed by atoms with Crippen LogP contribution in [0.3, 0.4) is 0 Å². The van der Waals surface area contributed by atoms with Crippen LogP contribution in [0.15, 0.2) is 0 Å². The molecule has 0 aromatic heterocycles. The van der Waals surface area contributed by atoms with Crippen LogP contribution in [0.25, 0.3) is 0 Å². The molecular weight excluding hydrogens is 392 g/mol. The maximum atomic E-state index is 13.1. The Balaban J connectivity index is 2.74. The van der Waals surface area contributed by atoms with Gasteiger partial charge >= 0.3 is 6.03 Å². The van der Waals surface area contributed by atoms with Crippen molar-refractivity contribution in [1.82, 2.24) is 9.80 Å². The van der Waals surface area contributed by atoms with E-state index in [1.165, 1.54) is 48.4 Å². The largest absolute Gasteiger partial charge is 0.327 e. The van der Waals surface area contributed by atoms with Crippen molar-refractivity contribution in [2.75, 3.05) is 13.1 Å². The third-order valence-electron chi connectivity index (χ3n) is 8.58. The second-order valence-corrected chi connectivity index (χ2v) is 21.0. The van der Waals surface area contributed by atoms with Crippen molar-refractivity contribution in [2.45, 2.75) is 122 Å². The minimum atomic E-state index is -1.20. The van der Waals surface area contributed by atoms with Gasteiger partial charge in [-0.1, -0.05) is 89.9 Å². The molecule has 0 atom stereocenters. The predicted octanol–water partition coefficient (Wildman–Crippen LogP) is 6.83. The first-order chi connectivity index (χ1) is 13.6. The topological polar surface area (TPSA) is 40.6 Å². The Morgan fingerprint density at radius 1 is 0.690 bits per heavy atom. The van der Waals surface area contributed by atoms with Gasteiger partial charge in [0.05, 0.1) is 16.1 Å². The first-order valence-corrected chi connectivity index (χ1v) is 17.9. The average Bonchev–Trinajstić information content (AvgIpc) is 2.89. The van der Waals surface area contributed by atoms with E-state index >= 15 is 0 Å². The van der Waals surface area contributed by atoms with Crippen molar-refractivity contribution in [1.29, 1.82) is 0 Å². The third kappa shape index (κ3) is 5.75. The van der Waals surface area contributed by atoms with E-state index < -0.39 is 21.7 Å². The summed E-state index contributed by atoms with van der Waals surface area (Å²) in [6, 6.07) is 10.3. The van der Waals surface area contributed by atoms with Gasteiger partial charge in [0.15, 0.2) is 0 Å². The van der Waals surface area contributed by atoms with Gasteiger partial charge in [0.1, 0.15) is 5.54 Å². The molecule has 0 aliphatic carbocycles. The van der Waals surface area contributed by atoms with Crippen molar-refractivity contribution >= 4 is 28.1 Å². The first kappa shape index (κ1) is 26.4. The number of imide groups is 1. The number of nitrogens with zero attached hydrogens (tertiary/aromatic N) is 2. The molecule has 0 N–H and O–H groups in total. The van der Waals surface area contributed by atoms with Crippen LogP contribution in [-0.4, -0.2) is 56.5 Å². The van der Waals surface area contributed by atoms with Gasteiger partial charge in [-0.2, -0.15) is 0 Å². The molecule has 0 aromatic carbocycles. The summed E-state index contributed by atoms with van der Waals surface area (Å²) < 4.78 is 0. The van der Waals surface area contributed by atoms with Crippen LogP contribution in [-0.2, 0) is 4.79 Å². The van der Waals surface area contributed by atoms with Crippen LogP contribution in [0, 0.1) is 0 Å². The van der Waals surface area contributed by atoms with Crippen LogP contribution in [0.1, 0.15) is 68.2 Å². The van der Waals surface area contributed by atoms with Crippen molar-refractivity contribution in [3.05, 3.63) is 0 Å². The number of hydrogen-bond donors (Lipinski definition) is 0. The molecule has 0 saturated carbocycles. The van der Waals surface area contributed by atoms with Crippen LogP contribution in [0.5, 0.6) is 0 Å². The highest BCUT2D eigenvalue weighted by atomic mass is 28.3. The summed E-state index contributed by atoms with van der Waals surface area (Å²) in [6.45, 7) is 19.2. The number of amides is 3. The summed E-state index contributed by atoms with van der Waals surface area (Å²) in [5.41, 5.74) is -0.694. The lowest BCUT2D eigenvalue weighted by Gasteiger charge is -2.31. The SMILES string of the molecule is CC[Si](CC)(CC)CCCN1C(=O)N(CCC[Si](CC)(CC)CC)C(C)(C)C1=O. The van der Waals surface area contributed by atoms with Crippen molar-refractivity contribution < 1.29 is 9.59 Å². The number of carbonyl (C=O) groups excluding carboxylic acids is 2. The zero-order chi connectivity index (χ0) is 22.3. The molecule has 29 heavy (non-hydrogen) atoms. The Labute approximate surface area is 182 Å². The molecule has 0 spiro atoms. The van der Waals surface area contributed by atoms with E-state index in [4.69, 9.17) is 0 Å². The fraction of sp³-hybridized carbons (Fsp3) is 0.913. The van der Waals surface area contributed by atoms with Crippen molar-refractivity contribution in [3.8, 4) is 0 Å². The summed E-state index contributed by atoms with van der Waals surface area (Å²) in [4.78, 5) is 29.6. The Morgan fingerprint density at radius 2 is 1.07 bits per heavy atom. The van der Waals surface area contributed by atoms with E-state index in [-0.39, 0.29) is 11.9 Å². The van der Waals surface area contributed by atoms with Crippen LogP contribution < -0.4 is 0 Å². The third-order valence-corrected chi connectivity index (χ3v) is 20.4. The van der Waals surface area contributed by atoms with Gasteiger partial charge in [-0.3, -0.25) is 9.69 Å². The molecule has 0 unspecified atom stereocenters. The fourth-order valence-corrected chi connectivity index (χ4v) is 12.2. The molecule has 0 bridgehead atoms. The monoisotopic (exact) mass is 440 g/mol. The van der Waals surface area contributed by atoms with Crippen LogP contribution in [0.2, 0.25) is 48.4 Å². The second kappa shape index (κ2) is 11.1. The zero-order valence-corrected chi connectivity index (χ0v) is 22.7. The predicted molar refractivity (Wildman–Crippen MR) is 131 cm³/mol. The van der Waals surface area contributed by atoms with Gasteiger partial charge < -0.3 is 4.90 Å². The second-order valence-electron chi connectivity index (χ2n) is 9.78. The zero-order valence-electron chi connectivity index (χ0n) is 20.7. The number of carbonyl (C=O) groups is 2. The normalized spacial score (nSPS) is 17.5. The maximum absolute atomic E-state index is 13.1. The fourth-order valence-electron chi connectivity index (χ4n) is 5.27. The van der Waals surface area contributed by atoms with E-state index in [1.54, 1.807) is 4.90 Å². The summed E-state index contributed by atoms with van der Waals surface area (Å²) >= 11 is 0. The van der Waals surface area contributed by atoms with Gasteiger partial charge in [-0.05, 0) is 26.7 Å². The van der Waals surface area contributed by atoms with Crippen LogP contribution >= 0.6 is 0 Å². The van der Waals surface area contributed by atoms with Gasteiger partial charge in [-0.25, -0.2) is 4.79 Å². The molecule has 1 fully saturated rings. The summed E-state index contributed by atoms with van der Waals surface area (Å²) in [7, 11) is -2.38. The maximum Gasteiger partial charge on any atom is 0.327 e. The molecule has 6 heteroatoms. The summed E-state index contributed by atoms with van der Waals surface area (Å²) in [5.74, 6) is 0.00393. The molecule has 4 nitrogen and oxygen atoms in total. The molecule has 1 rings (SSSR count). The smallest absolute Gasteiger partial charge is 0.310 e. The van der Waals surface area contributed by atoms with E-state index in [0.717, 1.165) is 19.4 Å². The van der Waals surface area contributed by atoms with Gasteiger partial charge in [0.25, 0.3) is 5.91 Å². The van der Waals surface area contributed by atoms with Crippen molar-refractivity contribution in [3.63, 3.8) is 0 Å². The summed E-state index contributed by atoms with van der Waals surface area (Å²) in [6.07, 6.45) is 2.01. The lowest BCUT2D eigenvalue weighted by molar-refractivity contribution is -0.131. The van der Waals surface area contributed by atoms with Gasteiger partial charge in [0.2, 0.25) is 0 Å². The average molecular weight is 441 g/mol. The van der Waals surface area contributed by atoms with Crippen LogP contribution in [0.4, 0.5) is 4.79 Å². The quantitative estimate of drug-likeness (QED) is 0.219. The molecule has 1 heterocycles. The minimum Gasteiger partial charge on any atom is -0.310 e. The highest BCUT2D eigenvalue weighted by Gasteiger charge is 2.50. The van der Waals surface area contributed by atoms with E-state index in [9.17, 15) is 9.59 Å². The molecule has 0 aromatic rings. The number of rotatable bonds is 14. The van der Waals surface area contributed by atoms with Gasteiger partial charge in [0, 0.05) is 13.1 Å². The Kier molecular flexibility index (Phi) is 10.1. The Hall–Kier alpha value is -0.626. The van der Waals surface area contributed by atoms with E-state index in [1.807, 2.05) is 18.7 Å².